The summed E-state index contributed by atoms with van der Waals surface area (Å²) in [5.41, 5.74) is 2.86. The molecule has 1 saturated heterocycles. The molecule has 2 saturated carbocycles. The molecule has 188 valence electrons. The van der Waals surface area contributed by atoms with Crippen LogP contribution in [0.1, 0.15) is 27.9 Å². The largest absolute Gasteiger partial charge is 0.452 e. The van der Waals surface area contributed by atoms with Crippen molar-refractivity contribution in [2.75, 3.05) is 16.8 Å². The number of esters is 1. The average Bonchev–Trinajstić information content (AvgIpc) is 3.45. The molecule has 2 aromatic carbocycles. The van der Waals surface area contributed by atoms with Crippen LogP contribution in [0.5, 0.6) is 0 Å². The molecule has 2 aliphatic carbocycles. The Labute approximate surface area is 226 Å². The molecule has 3 aliphatic rings. The van der Waals surface area contributed by atoms with Gasteiger partial charge in [0.25, 0.3) is 5.91 Å². The molecule has 0 radical (unpaired) electrons. The third-order valence-corrected chi connectivity index (χ3v) is 9.61. The maximum atomic E-state index is 13.2. The minimum Gasteiger partial charge on any atom is -0.452 e. The van der Waals surface area contributed by atoms with E-state index in [-0.39, 0.29) is 45.7 Å². The van der Waals surface area contributed by atoms with E-state index in [0.29, 0.717) is 12.1 Å². The van der Waals surface area contributed by atoms with Gasteiger partial charge in [-0.3, -0.25) is 19.3 Å². The zero-order chi connectivity index (χ0) is 25.9. The van der Waals surface area contributed by atoms with Gasteiger partial charge in [0.15, 0.2) is 6.61 Å². The highest BCUT2D eigenvalue weighted by molar-refractivity contribution is 9.10. The van der Waals surface area contributed by atoms with Crippen LogP contribution in [0.4, 0.5) is 11.4 Å². The van der Waals surface area contributed by atoms with Gasteiger partial charge in [0.1, 0.15) is 0 Å². The summed E-state index contributed by atoms with van der Waals surface area (Å²) in [5.74, 6) is -3.06. The van der Waals surface area contributed by atoms with Gasteiger partial charge in [-0.2, -0.15) is 0 Å². The van der Waals surface area contributed by atoms with Gasteiger partial charge in [0, 0.05) is 10.2 Å². The van der Waals surface area contributed by atoms with Gasteiger partial charge in [-0.15, -0.1) is 23.2 Å². The molecule has 0 aromatic heterocycles. The van der Waals surface area contributed by atoms with Crippen molar-refractivity contribution in [3.63, 3.8) is 0 Å². The number of fused-ring (bicyclic) bond motifs is 5. The smallest absolute Gasteiger partial charge is 0.338 e. The summed E-state index contributed by atoms with van der Waals surface area (Å²) in [6.45, 7) is 3.28. The van der Waals surface area contributed by atoms with Crippen LogP contribution in [0.15, 0.2) is 40.9 Å². The first-order valence-corrected chi connectivity index (χ1v) is 13.2. The Morgan fingerprint density at radius 1 is 1.03 bits per heavy atom. The standard InChI is InChI=1S/C26H23BrCl2N2O5/c1-11-7-18(12(2)6-17(11)27)30-19(32)10-36-26(35)13-4-3-5-14(8-13)31-24(33)20-15-9-16(21(20)25(31)34)23(29)22(15)28/h3-8,15-16,20-23H,9-10H2,1-2H3,(H,30,32)/t15-,16-,20-,21-,22-,23+/m1/s1. The summed E-state index contributed by atoms with van der Waals surface area (Å²) in [6.07, 6.45) is 0.677. The Bertz CT molecular complexity index is 1270. The lowest BCUT2D eigenvalue weighted by Crippen LogP contribution is -2.37. The van der Waals surface area contributed by atoms with Crippen molar-refractivity contribution in [2.45, 2.75) is 31.0 Å². The topological polar surface area (TPSA) is 92.8 Å². The Kier molecular flexibility index (Phi) is 6.64. The van der Waals surface area contributed by atoms with Crippen LogP contribution < -0.4 is 10.2 Å². The van der Waals surface area contributed by atoms with E-state index in [9.17, 15) is 19.2 Å². The molecule has 5 rings (SSSR count). The molecule has 3 fully saturated rings. The lowest BCUT2D eigenvalue weighted by Gasteiger charge is -2.28. The van der Waals surface area contributed by atoms with Crippen LogP contribution in [0.2, 0.25) is 0 Å². The Morgan fingerprint density at radius 2 is 1.67 bits per heavy atom. The zero-order valence-corrected chi connectivity index (χ0v) is 22.6. The first-order valence-electron chi connectivity index (χ1n) is 11.6. The van der Waals surface area contributed by atoms with Crippen molar-refractivity contribution in [1.82, 2.24) is 0 Å². The summed E-state index contributed by atoms with van der Waals surface area (Å²) < 4.78 is 6.12. The second-order valence-corrected chi connectivity index (χ2v) is 11.5. The molecule has 1 N–H and O–H groups in total. The minimum atomic E-state index is -0.739. The minimum absolute atomic E-state index is 0.127. The maximum Gasteiger partial charge on any atom is 0.338 e. The highest BCUT2D eigenvalue weighted by Crippen LogP contribution is 2.59. The summed E-state index contributed by atoms with van der Waals surface area (Å²) in [4.78, 5) is 52.6. The fourth-order valence-electron chi connectivity index (χ4n) is 5.69. The monoisotopic (exact) mass is 592 g/mol. The van der Waals surface area contributed by atoms with Crippen LogP contribution in [0.3, 0.4) is 0 Å². The number of halogens is 3. The van der Waals surface area contributed by atoms with Crippen molar-refractivity contribution in [3.05, 3.63) is 57.6 Å². The van der Waals surface area contributed by atoms with Crippen LogP contribution in [0, 0.1) is 37.5 Å². The normalized spacial score (nSPS) is 28.4. The molecule has 0 unspecified atom stereocenters. The number of imide groups is 1. The molecule has 7 nitrogen and oxygen atoms in total. The average molecular weight is 594 g/mol. The summed E-state index contributed by atoms with van der Waals surface area (Å²) >= 11 is 16.3. The molecule has 2 aromatic rings. The van der Waals surface area contributed by atoms with Crippen molar-refractivity contribution in [1.29, 1.82) is 0 Å². The number of benzene rings is 2. The van der Waals surface area contributed by atoms with Crippen molar-refractivity contribution >= 4 is 74.2 Å². The fourth-order valence-corrected chi connectivity index (χ4v) is 7.04. The number of aryl methyl sites for hydroxylation is 2. The van der Waals surface area contributed by atoms with Crippen LogP contribution in [-0.4, -0.2) is 41.1 Å². The number of carbonyl (C=O) groups excluding carboxylic acids is 4. The molecule has 6 atom stereocenters. The predicted octanol–water partition coefficient (Wildman–Crippen LogP) is 4.83. The number of hydrogen-bond acceptors (Lipinski definition) is 5. The van der Waals surface area contributed by atoms with E-state index in [1.54, 1.807) is 12.1 Å². The predicted molar refractivity (Wildman–Crippen MR) is 139 cm³/mol. The zero-order valence-electron chi connectivity index (χ0n) is 19.5. The number of alkyl halides is 2. The molecule has 36 heavy (non-hydrogen) atoms. The SMILES string of the molecule is Cc1cc(NC(=O)COC(=O)c2cccc(N3C(=O)[C@@H]4[C@H]5C[C@@H]([C@@H](Cl)[C@H]5Cl)[C@H]4C3=O)c2)c(C)cc1Br. The van der Waals surface area contributed by atoms with E-state index >= 15 is 0 Å². The second-order valence-electron chi connectivity index (χ2n) is 9.61. The van der Waals surface area contributed by atoms with Gasteiger partial charge in [0.05, 0.1) is 33.8 Å². The van der Waals surface area contributed by atoms with Crippen LogP contribution in [0.25, 0.3) is 0 Å². The highest BCUT2D eigenvalue weighted by Gasteiger charge is 2.66. The number of amides is 3. The number of anilines is 2. The van der Waals surface area contributed by atoms with Crippen molar-refractivity contribution in [2.24, 2.45) is 23.7 Å². The molecular weight excluding hydrogens is 571 g/mol. The number of rotatable bonds is 5. The van der Waals surface area contributed by atoms with E-state index < -0.39 is 30.3 Å². The van der Waals surface area contributed by atoms with Crippen LogP contribution >= 0.6 is 39.1 Å². The lowest BCUT2D eigenvalue weighted by molar-refractivity contribution is -0.123. The van der Waals surface area contributed by atoms with Gasteiger partial charge in [0.2, 0.25) is 11.8 Å². The highest BCUT2D eigenvalue weighted by atomic mass is 79.9. The van der Waals surface area contributed by atoms with E-state index in [1.165, 1.54) is 12.1 Å². The van der Waals surface area contributed by atoms with E-state index in [1.807, 2.05) is 26.0 Å². The number of nitrogens with one attached hydrogen (secondary N) is 1. The van der Waals surface area contributed by atoms with Gasteiger partial charge in [-0.25, -0.2) is 4.79 Å². The van der Waals surface area contributed by atoms with Gasteiger partial charge >= 0.3 is 5.97 Å². The summed E-state index contributed by atoms with van der Waals surface area (Å²) in [6, 6.07) is 9.81. The van der Waals surface area contributed by atoms with Crippen LogP contribution in [-0.2, 0) is 19.1 Å². The van der Waals surface area contributed by atoms with E-state index in [2.05, 4.69) is 21.2 Å². The summed E-state index contributed by atoms with van der Waals surface area (Å²) in [5, 5.41) is 2.06. The molecule has 0 spiro atoms. The molecular formula is C26H23BrCl2N2O5. The number of carbonyl (C=O) groups is 4. The summed E-state index contributed by atoms with van der Waals surface area (Å²) in [7, 11) is 0. The number of nitrogens with zero attached hydrogens (tertiary/aromatic N) is 1. The third-order valence-electron chi connectivity index (χ3n) is 7.44. The van der Waals surface area contributed by atoms with Crippen molar-refractivity contribution in [3.8, 4) is 0 Å². The Balaban J connectivity index is 1.26. The second kappa shape index (κ2) is 9.47. The first kappa shape index (κ1) is 25.2. The van der Waals surface area contributed by atoms with Gasteiger partial charge in [-0.1, -0.05) is 22.0 Å². The maximum absolute atomic E-state index is 13.2. The fraction of sp³-hybridized carbons (Fsp3) is 0.385. The third kappa shape index (κ3) is 4.13. The Hall–Kier alpha value is -2.42. The van der Waals surface area contributed by atoms with Crippen molar-refractivity contribution < 1.29 is 23.9 Å². The van der Waals surface area contributed by atoms with E-state index in [0.717, 1.165) is 20.5 Å². The molecule has 1 heterocycles. The molecule has 10 heteroatoms. The van der Waals surface area contributed by atoms with Gasteiger partial charge in [-0.05, 0) is 73.6 Å². The molecule has 2 bridgehead atoms. The Morgan fingerprint density at radius 3 is 2.31 bits per heavy atom. The quantitative estimate of drug-likeness (QED) is 0.304. The first-order chi connectivity index (χ1) is 17.1. The van der Waals surface area contributed by atoms with Gasteiger partial charge < -0.3 is 10.1 Å². The molecule has 3 amide bonds. The number of hydrogen-bond donors (Lipinski definition) is 1. The van der Waals surface area contributed by atoms with E-state index in [4.69, 9.17) is 27.9 Å². The number of ether oxygens (including phenoxy) is 1. The molecule has 1 aliphatic heterocycles. The lowest BCUT2D eigenvalue weighted by atomic mass is 9.80.